The molecule has 1 aromatic heterocycles. The van der Waals surface area contributed by atoms with Crippen molar-refractivity contribution < 1.29 is 37.1 Å². The molecule has 0 radical (unpaired) electrons. The minimum Gasteiger partial charge on any atom is -0.492 e. The highest BCUT2D eigenvalue weighted by Gasteiger charge is 2.60. The van der Waals surface area contributed by atoms with Gasteiger partial charge in [-0.25, -0.2) is 4.98 Å². The second kappa shape index (κ2) is 17.4. The van der Waals surface area contributed by atoms with Crippen LogP contribution in [0.1, 0.15) is 82.5 Å². The number of benzene rings is 2. The van der Waals surface area contributed by atoms with E-state index in [1.807, 2.05) is 32.0 Å². The number of alkyl halides is 3. The van der Waals surface area contributed by atoms with E-state index in [9.17, 15) is 37.6 Å². The van der Waals surface area contributed by atoms with Crippen LogP contribution in [0.25, 0.3) is 0 Å². The summed E-state index contributed by atoms with van der Waals surface area (Å²) in [5, 5.41) is 17.7. The molecule has 1 saturated carbocycles. The van der Waals surface area contributed by atoms with Crippen molar-refractivity contribution in [2.75, 3.05) is 53.2 Å². The maximum Gasteiger partial charge on any atom is 0.419 e. The number of imide groups is 1. The highest BCUT2D eigenvalue weighted by atomic mass is 32.1. The van der Waals surface area contributed by atoms with Gasteiger partial charge in [0, 0.05) is 55.2 Å². The van der Waals surface area contributed by atoms with Crippen molar-refractivity contribution >= 4 is 63.7 Å². The maximum atomic E-state index is 14.0. The molecule has 3 N–H and O–H groups in total. The second-order valence-electron chi connectivity index (χ2n) is 16.5. The van der Waals surface area contributed by atoms with Crippen molar-refractivity contribution in [1.82, 2.24) is 20.1 Å². The molecule has 1 spiro atoms. The number of pyridine rings is 1. The van der Waals surface area contributed by atoms with Crippen LogP contribution in [0, 0.1) is 11.3 Å². The van der Waals surface area contributed by atoms with Gasteiger partial charge in [0.05, 0.1) is 24.0 Å². The number of carbonyl (C=O) groups excluding carboxylic acids is 4. The number of nitrogens with zero attached hydrogens (tertiary/aromatic N) is 6. The van der Waals surface area contributed by atoms with Gasteiger partial charge in [-0.3, -0.25) is 39.2 Å². The first-order valence-corrected chi connectivity index (χ1v) is 20.8. The second-order valence-corrected chi connectivity index (χ2v) is 16.8. The minimum atomic E-state index is -4.85. The van der Waals surface area contributed by atoms with Gasteiger partial charge in [-0.2, -0.15) is 18.4 Å². The Kier molecular flexibility index (Phi) is 12.4. The molecule has 4 fully saturated rings. The number of hydrogen-bond acceptors (Lipinski definition) is 11. The average molecular weight is 860 g/mol. The molecule has 322 valence electrons. The Morgan fingerprint density at radius 3 is 2.43 bits per heavy atom. The SMILES string of the molecule is CC(C)c1cc(N2C(=S)N(c3cnc(C#N)c(C(F)(F)F)c3)C(=O)C23CCC3)ccc1OCCN1CC(C)N(CC(=O)Nc2cccc(NC3CCC(=O)NC3=O)c2)C(C)C1. The first-order chi connectivity index (χ1) is 29.0. The Morgan fingerprint density at radius 1 is 1.07 bits per heavy atom. The molecule has 2 aromatic carbocycles. The number of amides is 4. The van der Waals surface area contributed by atoms with Gasteiger partial charge in [0.2, 0.25) is 17.7 Å². The van der Waals surface area contributed by atoms with Crippen molar-refractivity contribution in [3.05, 3.63) is 71.5 Å². The summed E-state index contributed by atoms with van der Waals surface area (Å²) in [7, 11) is 0. The monoisotopic (exact) mass is 859 g/mol. The number of piperidine rings is 1. The predicted molar refractivity (Wildman–Crippen MR) is 226 cm³/mol. The molecule has 18 heteroatoms. The third-order valence-electron chi connectivity index (χ3n) is 11.9. The smallest absolute Gasteiger partial charge is 0.419 e. The first-order valence-electron chi connectivity index (χ1n) is 20.4. The molecule has 3 unspecified atom stereocenters. The lowest BCUT2D eigenvalue weighted by atomic mass is 9.75. The maximum absolute atomic E-state index is 14.0. The van der Waals surface area contributed by atoms with Crippen LogP contribution in [-0.4, -0.2) is 100.0 Å². The number of thiocarbonyl (C=S) groups is 1. The number of aromatic nitrogens is 1. The van der Waals surface area contributed by atoms with Gasteiger partial charge in [-0.15, -0.1) is 0 Å². The van der Waals surface area contributed by atoms with Crippen molar-refractivity contribution in [2.24, 2.45) is 0 Å². The average Bonchev–Trinajstić information content (AvgIpc) is 3.43. The number of carbonyl (C=O) groups is 4. The Labute approximate surface area is 357 Å². The van der Waals surface area contributed by atoms with Gasteiger partial charge in [0.1, 0.15) is 30.0 Å². The standard InChI is InChI=1S/C43H48F3N9O5S/c1-25(2)32-18-30(55-41(61)54(40(59)42(55)13-6-14-42)31-19-33(43(44,45)46)35(20-47)48-21-31)9-11-36(32)60-16-15-52-22-26(3)53(27(4)23-52)24-38(57)50-29-8-5-7-28(17-29)49-34-10-12-37(56)51-39(34)58/h5,7-9,11,17-19,21,25-27,34,49H,6,10,12-16,22-24H2,1-4H3,(H,50,57)(H,51,56,58). The molecule has 4 heterocycles. The molecule has 3 aromatic rings. The summed E-state index contributed by atoms with van der Waals surface area (Å²) >= 11 is 5.82. The van der Waals surface area contributed by atoms with Crippen molar-refractivity contribution in [1.29, 1.82) is 5.26 Å². The largest absolute Gasteiger partial charge is 0.492 e. The van der Waals surface area contributed by atoms with E-state index < -0.39 is 34.9 Å². The normalized spacial score (nSPS) is 22.0. The molecule has 7 rings (SSSR count). The fourth-order valence-electron chi connectivity index (χ4n) is 8.68. The van der Waals surface area contributed by atoms with Crippen molar-refractivity contribution in [2.45, 2.75) is 95.6 Å². The Morgan fingerprint density at radius 2 is 1.79 bits per heavy atom. The molecule has 61 heavy (non-hydrogen) atoms. The lowest BCUT2D eigenvalue weighted by Gasteiger charge is -2.44. The summed E-state index contributed by atoms with van der Waals surface area (Å²) in [6, 6.07) is 14.6. The van der Waals surface area contributed by atoms with Crippen LogP contribution in [0.15, 0.2) is 54.7 Å². The summed E-state index contributed by atoms with van der Waals surface area (Å²) in [5.41, 5.74) is -0.427. The van der Waals surface area contributed by atoms with E-state index in [1.165, 1.54) is 6.07 Å². The summed E-state index contributed by atoms with van der Waals surface area (Å²) in [4.78, 5) is 62.0. The van der Waals surface area contributed by atoms with Crippen LogP contribution in [0.5, 0.6) is 5.75 Å². The lowest BCUT2D eigenvalue weighted by molar-refractivity contribution is -0.138. The van der Waals surface area contributed by atoms with Crippen LogP contribution < -0.4 is 30.5 Å². The van der Waals surface area contributed by atoms with E-state index in [2.05, 4.69) is 44.6 Å². The molecule has 0 bridgehead atoms. The first kappa shape index (κ1) is 43.4. The van der Waals surface area contributed by atoms with E-state index in [0.29, 0.717) is 55.2 Å². The molecular formula is C43H48F3N9O5S. The van der Waals surface area contributed by atoms with Gasteiger partial charge in [-0.05, 0) is 106 Å². The van der Waals surface area contributed by atoms with Crippen molar-refractivity contribution in [3.63, 3.8) is 0 Å². The Bertz CT molecular complexity index is 2270. The molecule has 1 aliphatic carbocycles. The molecule has 14 nitrogen and oxygen atoms in total. The number of hydrogen-bond donors (Lipinski definition) is 3. The minimum absolute atomic E-state index is 0.0196. The number of nitrogens with one attached hydrogen (secondary N) is 3. The topological polar surface area (TPSA) is 163 Å². The lowest BCUT2D eigenvalue weighted by Crippen LogP contribution is -2.58. The van der Waals surface area contributed by atoms with E-state index in [-0.39, 0.29) is 59.5 Å². The molecule has 4 amide bonds. The zero-order valence-electron chi connectivity index (χ0n) is 34.3. The van der Waals surface area contributed by atoms with Crippen LogP contribution in [0.2, 0.25) is 0 Å². The summed E-state index contributed by atoms with van der Waals surface area (Å²) in [5.74, 6) is -0.543. The third kappa shape index (κ3) is 8.91. The van der Waals surface area contributed by atoms with Crippen LogP contribution >= 0.6 is 12.2 Å². The number of piperazine rings is 1. The van der Waals surface area contributed by atoms with Crippen molar-refractivity contribution in [3.8, 4) is 11.8 Å². The van der Waals surface area contributed by atoms with E-state index >= 15 is 0 Å². The van der Waals surface area contributed by atoms with Gasteiger partial charge in [0.15, 0.2) is 10.8 Å². The molecule has 3 aliphatic heterocycles. The van der Waals surface area contributed by atoms with Gasteiger partial charge >= 0.3 is 6.18 Å². The van der Waals surface area contributed by atoms with E-state index in [4.69, 9.17) is 17.0 Å². The number of nitriles is 1. The summed E-state index contributed by atoms with van der Waals surface area (Å²) in [6.45, 7) is 10.9. The van der Waals surface area contributed by atoms with E-state index in [1.54, 1.807) is 29.2 Å². The fourth-order valence-corrected chi connectivity index (χ4v) is 9.15. The number of rotatable bonds is 12. The van der Waals surface area contributed by atoms with Crippen LogP contribution in [0.3, 0.4) is 0 Å². The molecule has 4 aliphatic rings. The highest BCUT2D eigenvalue weighted by molar-refractivity contribution is 7.81. The Balaban J connectivity index is 0.957. The number of anilines is 4. The van der Waals surface area contributed by atoms with Crippen LogP contribution in [-0.2, 0) is 25.4 Å². The quantitative estimate of drug-likeness (QED) is 0.149. The highest BCUT2D eigenvalue weighted by Crippen LogP contribution is 2.49. The molecule has 3 saturated heterocycles. The van der Waals surface area contributed by atoms with Gasteiger partial charge in [0.25, 0.3) is 5.91 Å². The zero-order valence-corrected chi connectivity index (χ0v) is 35.2. The predicted octanol–water partition coefficient (Wildman–Crippen LogP) is 5.79. The number of halogens is 3. The molecule has 3 atom stereocenters. The third-order valence-corrected chi connectivity index (χ3v) is 12.3. The number of ether oxygens (including phenoxy) is 1. The zero-order chi connectivity index (χ0) is 43.8. The molecular weight excluding hydrogens is 812 g/mol. The summed E-state index contributed by atoms with van der Waals surface area (Å²) < 4.78 is 48.0. The Hall–Kier alpha value is -5.64. The van der Waals surface area contributed by atoms with Gasteiger partial charge in [-0.1, -0.05) is 19.9 Å². The van der Waals surface area contributed by atoms with Gasteiger partial charge < -0.3 is 20.3 Å². The fraction of sp³-hybridized carbons (Fsp3) is 0.465. The van der Waals surface area contributed by atoms with E-state index in [0.717, 1.165) is 42.2 Å². The summed E-state index contributed by atoms with van der Waals surface area (Å²) in [6.07, 6.45) is -1.42. The van der Waals surface area contributed by atoms with Crippen LogP contribution in [0.4, 0.5) is 35.9 Å².